The molecule has 0 radical (unpaired) electrons. The van der Waals surface area contributed by atoms with E-state index in [4.69, 9.17) is 17.3 Å². The van der Waals surface area contributed by atoms with Crippen molar-refractivity contribution in [2.24, 2.45) is 16.6 Å². The standard InChI is InChI=1S/C18H28ClN5/c19-16-5-2-6-17(13-16)24-11-9-23(10-12-24)8-7-21-18(20)22-14-15-3-1-4-15/h2,5-6,13,15H,1,3-4,7-12,14H2,(H3,20,21,22). The van der Waals surface area contributed by atoms with E-state index in [0.717, 1.165) is 56.8 Å². The lowest BCUT2D eigenvalue weighted by Gasteiger charge is -2.36. The molecular weight excluding hydrogens is 322 g/mol. The monoisotopic (exact) mass is 349 g/mol. The summed E-state index contributed by atoms with van der Waals surface area (Å²) in [5.74, 6) is 1.37. The Morgan fingerprint density at radius 3 is 2.71 bits per heavy atom. The Bertz CT molecular complexity index is 550. The normalized spacial score (nSPS) is 20.0. The van der Waals surface area contributed by atoms with Crippen LogP contribution < -0.4 is 16.0 Å². The maximum Gasteiger partial charge on any atom is 0.188 e. The third-order valence-electron chi connectivity index (χ3n) is 5.02. The Morgan fingerprint density at radius 1 is 1.25 bits per heavy atom. The van der Waals surface area contributed by atoms with Crippen molar-refractivity contribution in [1.29, 1.82) is 0 Å². The molecule has 2 aliphatic rings. The molecule has 1 heterocycles. The highest BCUT2D eigenvalue weighted by molar-refractivity contribution is 6.30. The van der Waals surface area contributed by atoms with E-state index in [1.807, 2.05) is 18.2 Å². The highest BCUT2D eigenvalue weighted by atomic mass is 35.5. The molecule has 1 aliphatic carbocycles. The molecule has 0 spiro atoms. The topological polar surface area (TPSA) is 56.9 Å². The van der Waals surface area contributed by atoms with Gasteiger partial charge in [-0.3, -0.25) is 9.89 Å². The van der Waals surface area contributed by atoms with E-state index in [-0.39, 0.29) is 0 Å². The second-order valence-corrected chi connectivity index (χ2v) is 7.19. The summed E-state index contributed by atoms with van der Waals surface area (Å²) in [6, 6.07) is 8.10. The van der Waals surface area contributed by atoms with Gasteiger partial charge in [-0.15, -0.1) is 0 Å². The number of aliphatic imine (C=N–C) groups is 1. The minimum Gasteiger partial charge on any atom is -0.370 e. The fourth-order valence-electron chi connectivity index (χ4n) is 3.20. The number of nitrogens with two attached hydrogens (primary N) is 1. The third-order valence-corrected chi connectivity index (χ3v) is 5.26. The van der Waals surface area contributed by atoms with Crippen molar-refractivity contribution in [3.05, 3.63) is 29.3 Å². The average molecular weight is 350 g/mol. The zero-order valence-corrected chi connectivity index (χ0v) is 15.0. The zero-order valence-electron chi connectivity index (χ0n) is 14.3. The van der Waals surface area contributed by atoms with Crippen LogP contribution in [-0.2, 0) is 0 Å². The van der Waals surface area contributed by atoms with Gasteiger partial charge in [0, 0.05) is 56.5 Å². The summed E-state index contributed by atoms with van der Waals surface area (Å²) in [5.41, 5.74) is 7.14. The lowest BCUT2D eigenvalue weighted by molar-refractivity contribution is 0.261. The molecule has 0 unspecified atom stereocenters. The molecule has 24 heavy (non-hydrogen) atoms. The molecule has 3 N–H and O–H groups in total. The molecule has 5 nitrogen and oxygen atoms in total. The molecule has 0 atom stereocenters. The smallest absolute Gasteiger partial charge is 0.188 e. The Labute approximate surface area is 149 Å². The molecule has 1 saturated carbocycles. The summed E-state index contributed by atoms with van der Waals surface area (Å²) in [4.78, 5) is 9.29. The van der Waals surface area contributed by atoms with E-state index >= 15 is 0 Å². The lowest BCUT2D eigenvalue weighted by atomic mass is 9.86. The first kappa shape index (κ1) is 17.4. The maximum atomic E-state index is 6.08. The van der Waals surface area contributed by atoms with Crippen LogP contribution in [-0.4, -0.2) is 56.7 Å². The van der Waals surface area contributed by atoms with Gasteiger partial charge in [0.2, 0.25) is 0 Å². The third kappa shape index (κ3) is 5.02. The van der Waals surface area contributed by atoms with Crippen LogP contribution >= 0.6 is 11.6 Å². The van der Waals surface area contributed by atoms with Crippen LogP contribution in [0.2, 0.25) is 5.02 Å². The van der Waals surface area contributed by atoms with Crippen molar-refractivity contribution < 1.29 is 0 Å². The number of hydrogen-bond acceptors (Lipinski definition) is 3. The van der Waals surface area contributed by atoms with Crippen molar-refractivity contribution in [3.8, 4) is 0 Å². The zero-order chi connectivity index (χ0) is 16.8. The van der Waals surface area contributed by atoms with E-state index in [1.54, 1.807) is 0 Å². The molecule has 1 saturated heterocycles. The summed E-state index contributed by atoms with van der Waals surface area (Å²) in [6.45, 7) is 6.94. The first-order valence-electron chi connectivity index (χ1n) is 8.97. The number of anilines is 1. The summed E-state index contributed by atoms with van der Waals surface area (Å²) < 4.78 is 0. The van der Waals surface area contributed by atoms with E-state index in [2.05, 4.69) is 26.2 Å². The molecule has 3 rings (SSSR count). The van der Waals surface area contributed by atoms with Gasteiger partial charge in [0.15, 0.2) is 5.96 Å². The highest BCUT2D eigenvalue weighted by Gasteiger charge is 2.18. The van der Waals surface area contributed by atoms with Crippen LogP contribution in [0.3, 0.4) is 0 Å². The van der Waals surface area contributed by atoms with Gasteiger partial charge in [-0.1, -0.05) is 24.1 Å². The van der Waals surface area contributed by atoms with E-state index in [1.165, 1.54) is 24.9 Å². The van der Waals surface area contributed by atoms with E-state index in [9.17, 15) is 0 Å². The van der Waals surface area contributed by atoms with Crippen LogP contribution in [0.5, 0.6) is 0 Å². The summed E-state index contributed by atoms with van der Waals surface area (Å²) in [6.07, 6.45) is 3.98. The molecule has 1 aromatic carbocycles. The van der Waals surface area contributed by atoms with Crippen LogP contribution in [0.1, 0.15) is 19.3 Å². The van der Waals surface area contributed by atoms with Gasteiger partial charge in [0.1, 0.15) is 0 Å². The molecule has 6 heteroatoms. The Hall–Kier alpha value is -1.46. The quantitative estimate of drug-likeness (QED) is 0.610. The number of nitrogens with one attached hydrogen (secondary N) is 1. The Kier molecular flexibility index (Phi) is 6.21. The van der Waals surface area contributed by atoms with Crippen LogP contribution in [0, 0.1) is 5.92 Å². The highest BCUT2D eigenvalue weighted by Crippen LogP contribution is 2.26. The van der Waals surface area contributed by atoms with Gasteiger partial charge in [-0.2, -0.15) is 0 Å². The van der Waals surface area contributed by atoms with E-state index in [0.29, 0.717) is 5.96 Å². The fraction of sp³-hybridized carbons (Fsp3) is 0.611. The molecule has 132 valence electrons. The number of guanidine groups is 1. The molecule has 0 aromatic heterocycles. The predicted molar refractivity (Wildman–Crippen MR) is 102 cm³/mol. The average Bonchev–Trinajstić information content (AvgIpc) is 2.54. The molecule has 1 aliphatic heterocycles. The number of nitrogens with zero attached hydrogens (tertiary/aromatic N) is 3. The maximum absolute atomic E-state index is 6.08. The molecule has 0 bridgehead atoms. The predicted octanol–water partition coefficient (Wildman–Crippen LogP) is 2.17. The number of rotatable bonds is 6. The van der Waals surface area contributed by atoms with Gasteiger partial charge < -0.3 is 16.0 Å². The molecular formula is C18H28ClN5. The van der Waals surface area contributed by atoms with Crippen LogP contribution in [0.15, 0.2) is 29.3 Å². The number of piperazine rings is 1. The van der Waals surface area contributed by atoms with Gasteiger partial charge in [0.25, 0.3) is 0 Å². The van der Waals surface area contributed by atoms with Crippen molar-refractivity contribution in [1.82, 2.24) is 10.2 Å². The SMILES string of the molecule is NC(=NCC1CCC1)NCCN1CCN(c2cccc(Cl)c2)CC1. The number of benzene rings is 1. The number of halogens is 1. The first-order chi connectivity index (χ1) is 11.7. The fourth-order valence-corrected chi connectivity index (χ4v) is 3.39. The second-order valence-electron chi connectivity index (χ2n) is 6.76. The van der Waals surface area contributed by atoms with Gasteiger partial charge >= 0.3 is 0 Å². The summed E-state index contributed by atoms with van der Waals surface area (Å²) in [5, 5.41) is 4.04. The minimum absolute atomic E-state index is 0.597. The van der Waals surface area contributed by atoms with Crippen LogP contribution in [0.4, 0.5) is 5.69 Å². The molecule has 1 aromatic rings. The lowest BCUT2D eigenvalue weighted by Crippen LogP contribution is -2.49. The Balaban J connectivity index is 1.33. The van der Waals surface area contributed by atoms with Gasteiger partial charge in [0.05, 0.1) is 0 Å². The van der Waals surface area contributed by atoms with Gasteiger partial charge in [-0.05, 0) is 37.0 Å². The minimum atomic E-state index is 0.597. The van der Waals surface area contributed by atoms with Gasteiger partial charge in [-0.25, -0.2) is 0 Å². The largest absolute Gasteiger partial charge is 0.370 e. The summed E-state index contributed by atoms with van der Waals surface area (Å²) >= 11 is 6.08. The number of hydrogen-bond donors (Lipinski definition) is 2. The van der Waals surface area contributed by atoms with Crippen molar-refractivity contribution in [3.63, 3.8) is 0 Å². The summed E-state index contributed by atoms with van der Waals surface area (Å²) in [7, 11) is 0. The van der Waals surface area contributed by atoms with Crippen molar-refractivity contribution in [2.75, 3.05) is 50.7 Å². The Morgan fingerprint density at radius 2 is 2.04 bits per heavy atom. The van der Waals surface area contributed by atoms with Crippen molar-refractivity contribution in [2.45, 2.75) is 19.3 Å². The van der Waals surface area contributed by atoms with E-state index < -0.39 is 0 Å². The first-order valence-corrected chi connectivity index (χ1v) is 9.35. The second kappa shape index (κ2) is 8.58. The van der Waals surface area contributed by atoms with Crippen LogP contribution in [0.25, 0.3) is 0 Å². The van der Waals surface area contributed by atoms with Crippen molar-refractivity contribution >= 4 is 23.2 Å². The molecule has 0 amide bonds. The molecule has 2 fully saturated rings.